The first-order chi connectivity index (χ1) is 18.5. The summed E-state index contributed by atoms with van der Waals surface area (Å²) in [5.41, 5.74) is 0.590. The van der Waals surface area contributed by atoms with Gasteiger partial charge in [0.15, 0.2) is 23.6 Å². The predicted octanol–water partition coefficient (Wildman–Crippen LogP) is 5.35. The largest absolute Gasteiger partial charge is 0.463 e. The van der Waals surface area contributed by atoms with E-state index in [-0.39, 0.29) is 23.8 Å². The van der Waals surface area contributed by atoms with Gasteiger partial charge in [0, 0.05) is 36.1 Å². The average molecular weight is 584 g/mol. The molecule has 208 valence electrons. The maximum absolute atomic E-state index is 13.9. The molecular formula is C26H25ClF3N3O5S. The Morgan fingerprint density at radius 1 is 1.10 bits per heavy atom. The SMILES string of the molecule is CC(=O)OCC1O[C@H](SCc2ccc(Cl)cc2)C(C)[C@@H](n2cc(-c3cc(F)c(F)c(F)c3)nn2)[C@H]1OC(C)=O. The highest BCUT2D eigenvalue weighted by atomic mass is 35.5. The minimum absolute atomic E-state index is 0.0217. The Bertz CT molecular complexity index is 1320. The van der Waals surface area contributed by atoms with Crippen molar-refractivity contribution in [3.8, 4) is 11.3 Å². The molecule has 1 saturated heterocycles. The van der Waals surface area contributed by atoms with Gasteiger partial charge in [-0.15, -0.1) is 16.9 Å². The number of hydrogen-bond donors (Lipinski definition) is 0. The van der Waals surface area contributed by atoms with Gasteiger partial charge in [-0.2, -0.15) is 0 Å². The normalized spacial score (nSPS) is 22.9. The molecule has 1 aliphatic heterocycles. The Hall–Kier alpha value is -3.09. The fraction of sp³-hybridized carbons (Fsp3) is 0.385. The second-order valence-electron chi connectivity index (χ2n) is 9.04. The summed E-state index contributed by atoms with van der Waals surface area (Å²) < 4.78 is 59.7. The lowest BCUT2D eigenvalue weighted by Crippen LogP contribution is -2.53. The highest BCUT2D eigenvalue weighted by Crippen LogP contribution is 2.42. The molecule has 13 heteroatoms. The minimum Gasteiger partial charge on any atom is -0.463 e. The molecule has 1 aromatic heterocycles. The Kier molecular flexibility index (Phi) is 9.19. The minimum atomic E-state index is -1.59. The van der Waals surface area contributed by atoms with E-state index in [1.807, 2.05) is 19.1 Å². The number of carbonyl (C=O) groups is 2. The molecule has 0 amide bonds. The third kappa shape index (κ3) is 6.92. The lowest BCUT2D eigenvalue weighted by Gasteiger charge is -2.44. The molecule has 0 spiro atoms. The summed E-state index contributed by atoms with van der Waals surface area (Å²) in [4.78, 5) is 23.6. The van der Waals surface area contributed by atoms with Gasteiger partial charge in [0.05, 0.1) is 12.2 Å². The van der Waals surface area contributed by atoms with Gasteiger partial charge in [-0.1, -0.05) is 35.9 Å². The number of carbonyl (C=O) groups excluding carboxylic acids is 2. The Balaban J connectivity index is 1.67. The predicted molar refractivity (Wildman–Crippen MR) is 137 cm³/mol. The average Bonchev–Trinajstić information content (AvgIpc) is 3.36. The number of rotatable bonds is 8. The molecule has 4 rings (SSSR count). The first kappa shape index (κ1) is 28.9. The zero-order chi connectivity index (χ0) is 28.3. The number of thioether (sulfide) groups is 1. The van der Waals surface area contributed by atoms with Gasteiger partial charge in [-0.25, -0.2) is 17.9 Å². The summed E-state index contributed by atoms with van der Waals surface area (Å²) in [7, 11) is 0. The fourth-order valence-electron chi connectivity index (χ4n) is 4.32. The summed E-state index contributed by atoms with van der Waals surface area (Å²) >= 11 is 7.47. The maximum Gasteiger partial charge on any atom is 0.303 e. The van der Waals surface area contributed by atoms with Crippen molar-refractivity contribution in [2.24, 2.45) is 5.92 Å². The molecule has 1 fully saturated rings. The molecule has 0 radical (unpaired) electrons. The maximum atomic E-state index is 13.9. The number of hydrogen-bond acceptors (Lipinski definition) is 8. The van der Waals surface area contributed by atoms with E-state index in [0.717, 1.165) is 17.7 Å². The lowest BCUT2D eigenvalue weighted by molar-refractivity contribution is -0.191. The lowest BCUT2D eigenvalue weighted by atomic mass is 9.90. The topological polar surface area (TPSA) is 92.5 Å². The summed E-state index contributed by atoms with van der Waals surface area (Å²) in [5, 5.41) is 8.78. The number of esters is 2. The summed E-state index contributed by atoms with van der Waals surface area (Å²) in [6.07, 6.45) is -0.366. The Morgan fingerprint density at radius 2 is 1.77 bits per heavy atom. The summed E-state index contributed by atoms with van der Waals surface area (Å²) in [5.74, 6) is -5.22. The van der Waals surface area contributed by atoms with Crippen molar-refractivity contribution in [2.75, 3.05) is 6.61 Å². The van der Waals surface area contributed by atoms with Crippen molar-refractivity contribution in [3.05, 3.63) is 70.6 Å². The van der Waals surface area contributed by atoms with E-state index in [1.165, 1.54) is 36.5 Å². The van der Waals surface area contributed by atoms with Gasteiger partial charge >= 0.3 is 11.9 Å². The zero-order valence-electron chi connectivity index (χ0n) is 21.1. The number of aromatic nitrogens is 3. The molecule has 0 saturated carbocycles. The summed E-state index contributed by atoms with van der Waals surface area (Å²) in [6.45, 7) is 4.18. The molecule has 0 N–H and O–H groups in total. The Labute approximate surface area is 231 Å². The number of ether oxygens (including phenoxy) is 3. The van der Waals surface area contributed by atoms with Crippen LogP contribution in [0.25, 0.3) is 11.3 Å². The van der Waals surface area contributed by atoms with Crippen LogP contribution in [-0.2, 0) is 29.6 Å². The van der Waals surface area contributed by atoms with Crippen molar-refractivity contribution in [3.63, 3.8) is 0 Å². The molecule has 1 aliphatic rings. The van der Waals surface area contributed by atoms with Gasteiger partial charge in [0.1, 0.15) is 23.8 Å². The fourth-order valence-corrected chi connectivity index (χ4v) is 5.69. The second-order valence-corrected chi connectivity index (χ2v) is 10.6. The molecule has 2 unspecified atom stereocenters. The van der Waals surface area contributed by atoms with E-state index < -0.39 is 53.1 Å². The van der Waals surface area contributed by atoms with E-state index in [9.17, 15) is 22.8 Å². The number of halogens is 4. The number of nitrogens with zero attached hydrogens (tertiary/aromatic N) is 3. The molecule has 0 bridgehead atoms. The third-order valence-corrected chi connectivity index (χ3v) is 7.78. The molecule has 3 aromatic rings. The first-order valence-electron chi connectivity index (χ1n) is 11.9. The molecule has 39 heavy (non-hydrogen) atoms. The van der Waals surface area contributed by atoms with Crippen molar-refractivity contribution < 1.29 is 37.0 Å². The van der Waals surface area contributed by atoms with Crippen LogP contribution in [0.2, 0.25) is 5.02 Å². The molecule has 2 aromatic carbocycles. The third-order valence-electron chi connectivity index (χ3n) is 6.16. The highest BCUT2D eigenvalue weighted by Gasteiger charge is 2.48. The van der Waals surface area contributed by atoms with Crippen LogP contribution in [0.1, 0.15) is 32.4 Å². The van der Waals surface area contributed by atoms with E-state index in [2.05, 4.69) is 10.3 Å². The van der Waals surface area contributed by atoms with Gasteiger partial charge in [-0.3, -0.25) is 9.59 Å². The van der Waals surface area contributed by atoms with E-state index in [1.54, 1.807) is 12.1 Å². The van der Waals surface area contributed by atoms with Crippen LogP contribution in [0, 0.1) is 23.4 Å². The van der Waals surface area contributed by atoms with E-state index in [4.69, 9.17) is 25.8 Å². The van der Waals surface area contributed by atoms with Gasteiger partial charge in [0.25, 0.3) is 0 Å². The summed E-state index contributed by atoms with van der Waals surface area (Å²) in [6, 6.07) is 8.32. The molecule has 5 atom stereocenters. The van der Waals surface area contributed by atoms with Crippen molar-refractivity contribution in [1.29, 1.82) is 0 Å². The molecular weight excluding hydrogens is 559 g/mol. The van der Waals surface area contributed by atoms with Gasteiger partial charge in [0.2, 0.25) is 0 Å². The molecule has 0 aliphatic carbocycles. The second kappa shape index (κ2) is 12.4. The number of benzene rings is 2. The van der Waals surface area contributed by atoms with Crippen LogP contribution in [-0.4, -0.2) is 51.2 Å². The van der Waals surface area contributed by atoms with Gasteiger partial charge in [-0.05, 0) is 29.8 Å². The van der Waals surface area contributed by atoms with E-state index in [0.29, 0.717) is 10.8 Å². The molecule has 2 heterocycles. The Morgan fingerprint density at radius 3 is 2.38 bits per heavy atom. The van der Waals surface area contributed by atoms with Crippen LogP contribution in [0.3, 0.4) is 0 Å². The van der Waals surface area contributed by atoms with Crippen LogP contribution in [0.4, 0.5) is 13.2 Å². The quantitative estimate of drug-likeness (QED) is 0.259. The van der Waals surface area contributed by atoms with Crippen molar-refractivity contribution >= 4 is 35.3 Å². The van der Waals surface area contributed by atoms with Crippen LogP contribution in [0.15, 0.2) is 42.6 Å². The molecule has 8 nitrogen and oxygen atoms in total. The van der Waals surface area contributed by atoms with Crippen LogP contribution in [0.5, 0.6) is 0 Å². The zero-order valence-corrected chi connectivity index (χ0v) is 22.7. The van der Waals surface area contributed by atoms with Crippen LogP contribution < -0.4 is 0 Å². The smallest absolute Gasteiger partial charge is 0.303 e. The van der Waals surface area contributed by atoms with Crippen molar-refractivity contribution in [1.82, 2.24) is 15.0 Å². The van der Waals surface area contributed by atoms with E-state index >= 15 is 0 Å². The van der Waals surface area contributed by atoms with Crippen LogP contribution >= 0.6 is 23.4 Å². The monoisotopic (exact) mass is 583 g/mol. The van der Waals surface area contributed by atoms with Crippen molar-refractivity contribution in [2.45, 2.75) is 50.2 Å². The highest BCUT2D eigenvalue weighted by molar-refractivity contribution is 7.99. The standard InChI is InChI=1S/C26H25ClF3N3O5S/c1-13-24(33-10-21(31-32-33)17-8-19(28)23(30)20(29)9-17)25(37-15(3)35)22(11-36-14(2)34)38-26(13)39-12-16-4-6-18(27)7-5-16/h4-10,13,22,24-26H,11-12H2,1-3H3/t13?,22?,24-,25+,26-/m1/s1. The first-order valence-corrected chi connectivity index (χ1v) is 13.3. The van der Waals surface area contributed by atoms with Gasteiger partial charge < -0.3 is 14.2 Å².